The molecule has 1 unspecified atom stereocenters. The first-order valence-electron chi connectivity index (χ1n) is 6.20. The molecule has 5 nitrogen and oxygen atoms in total. The number of carboxylic acid groups (broad SMARTS) is 1. The van der Waals surface area contributed by atoms with Crippen molar-refractivity contribution >= 4 is 29.3 Å². The van der Waals surface area contributed by atoms with Crippen LogP contribution in [-0.2, 0) is 4.79 Å². The minimum absolute atomic E-state index is 0.119. The number of hydrogen-bond acceptors (Lipinski definition) is 4. The van der Waals surface area contributed by atoms with E-state index in [-0.39, 0.29) is 17.6 Å². The normalized spacial score (nSPS) is 18.6. The fourth-order valence-corrected chi connectivity index (χ4v) is 2.90. The van der Waals surface area contributed by atoms with Crippen LogP contribution in [0.15, 0.2) is 18.2 Å². The van der Waals surface area contributed by atoms with E-state index < -0.39 is 17.3 Å². The zero-order chi connectivity index (χ0) is 14.5. The van der Waals surface area contributed by atoms with Crippen LogP contribution in [0.5, 0.6) is 0 Å². The van der Waals surface area contributed by atoms with Gasteiger partial charge in [-0.1, -0.05) is 0 Å². The molecule has 1 atom stereocenters. The topological polar surface area (TPSA) is 78.4 Å². The van der Waals surface area contributed by atoms with Gasteiger partial charge < -0.3 is 15.7 Å². The van der Waals surface area contributed by atoms with E-state index in [1.54, 1.807) is 11.8 Å². The highest BCUT2D eigenvalue weighted by molar-refractivity contribution is 7.99. The van der Waals surface area contributed by atoms with Crippen LogP contribution in [0, 0.1) is 5.82 Å². The number of anilines is 1. The summed E-state index contributed by atoms with van der Waals surface area (Å²) in [4.78, 5) is 22.7. The van der Waals surface area contributed by atoms with Crippen LogP contribution in [-0.4, -0.2) is 41.1 Å². The number of carbonyl (C=O) groups excluding carboxylic acids is 1. The van der Waals surface area contributed by atoms with Crippen LogP contribution < -0.4 is 10.6 Å². The average molecular weight is 298 g/mol. The van der Waals surface area contributed by atoms with E-state index >= 15 is 0 Å². The molecule has 1 heterocycles. The SMILES string of the molecule is O=C(CC1CSCCN1)Nc1ccc(F)c(C(=O)O)c1. The molecule has 1 amide bonds. The molecule has 0 aliphatic carbocycles. The van der Waals surface area contributed by atoms with Gasteiger partial charge in [-0.25, -0.2) is 9.18 Å². The second-order valence-corrected chi connectivity index (χ2v) is 5.63. The highest BCUT2D eigenvalue weighted by atomic mass is 32.2. The number of hydrogen-bond donors (Lipinski definition) is 3. The smallest absolute Gasteiger partial charge is 0.338 e. The van der Waals surface area contributed by atoms with Crippen molar-refractivity contribution in [2.45, 2.75) is 12.5 Å². The number of rotatable bonds is 4. The van der Waals surface area contributed by atoms with Gasteiger partial charge in [-0.05, 0) is 18.2 Å². The van der Waals surface area contributed by atoms with Crippen LogP contribution in [0.4, 0.5) is 10.1 Å². The molecule has 108 valence electrons. The predicted octanol–water partition coefficient (Wildman–Crippen LogP) is 1.56. The number of carbonyl (C=O) groups is 2. The number of nitrogens with one attached hydrogen (secondary N) is 2. The summed E-state index contributed by atoms with van der Waals surface area (Å²) < 4.78 is 13.2. The standard InChI is InChI=1S/C13H15FN2O3S/c14-11-2-1-8(5-10(11)13(18)19)16-12(17)6-9-7-20-4-3-15-9/h1-2,5,9,15H,3-4,6-7H2,(H,16,17)(H,18,19). The molecular formula is C13H15FN2O3S. The summed E-state index contributed by atoms with van der Waals surface area (Å²) in [5.74, 6) is -0.479. The van der Waals surface area contributed by atoms with E-state index in [1.807, 2.05) is 0 Å². The summed E-state index contributed by atoms with van der Waals surface area (Å²) in [6.45, 7) is 0.877. The largest absolute Gasteiger partial charge is 0.478 e. The van der Waals surface area contributed by atoms with Crippen molar-refractivity contribution in [1.82, 2.24) is 5.32 Å². The summed E-state index contributed by atoms with van der Waals surface area (Å²) in [5.41, 5.74) is -0.161. The molecule has 3 N–H and O–H groups in total. The number of thioether (sulfide) groups is 1. The summed E-state index contributed by atoms with van der Waals surface area (Å²) in [6, 6.07) is 3.63. The molecule has 2 rings (SSSR count). The van der Waals surface area contributed by atoms with Gasteiger partial charge in [0.15, 0.2) is 0 Å². The number of aromatic carboxylic acids is 1. The third kappa shape index (κ3) is 3.94. The Kier molecular flexibility index (Phi) is 4.97. The second kappa shape index (κ2) is 6.71. The number of carboxylic acids is 1. The Morgan fingerprint density at radius 1 is 1.50 bits per heavy atom. The monoisotopic (exact) mass is 298 g/mol. The molecule has 0 bridgehead atoms. The summed E-state index contributed by atoms with van der Waals surface area (Å²) in [5, 5.41) is 14.7. The highest BCUT2D eigenvalue weighted by Gasteiger charge is 2.17. The molecule has 0 saturated carbocycles. The lowest BCUT2D eigenvalue weighted by molar-refractivity contribution is -0.116. The van der Waals surface area contributed by atoms with E-state index in [1.165, 1.54) is 6.07 Å². The Morgan fingerprint density at radius 2 is 2.30 bits per heavy atom. The quantitative estimate of drug-likeness (QED) is 0.786. The van der Waals surface area contributed by atoms with Gasteiger partial charge in [0.05, 0.1) is 5.56 Å². The van der Waals surface area contributed by atoms with E-state index in [2.05, 4.69) is 10.6 Å². The molecule has 0 aromatic heterocycles. The highest BCUT2D eigenvalue weighted by Crippen LogP contribution is 2.16. The fraction of sp³-hybridized carbons (Fsp3) is 0.385. The molecule has 1 aromatic carbocycles. The van der Waals surface area contributed by atoms with Crippen LogP contribution in [0.25, 0.3) is 0 Å². The maximum atomic E-state index is 13.2. The molecule has 1 aliphatic rings. The molecule has 1 fully saturated rings. The van der Waals surface area contributed by atoms with Gasteiger partial charge in [0.2, 0.25) is 5.91 Å². The minimum Gasteiger partial charge on any atom is -0.478 e. The minimum atomic E-state index is -1.36. The van der Waals surface area contributed by atoms with Gasteiger partial charge in [-0.15, -0.1) is 0 Å². The Morgan fingerprint density at radius 3 is 2.95 bits per heavy atom. The van der Waals surface area contributed by atoms with Gasteiger partial charge >= 0.3 is 5.97 Å². The van der Waals surface area contributed by atoms with E-state index in [9.17, 15) is 14.0 Å². The number of amides is 1. The van der Waals surface area contributed by atoms with Gasteiger partial charge in [0.25, 0.3) is 0 Å². The third-order valence-corrected chi connectivity index (χ3v) is 4.04. The molecular weight excluding hydrogens is 283 g/mol. The lowest BCUT2D eigenvalue weighted by Gasteiger charge is -2.22. The second-order valence-electron chi connectivity index (χ2n) is 4.48. The maximum absolute atomic E-state index is 13.2. The van der Waals surface area contributed by atoms with Crippen molar-refractivity contribution < 1.29 is 19.1 Å². The molecule has 20 heavy (non-hydrogen) atoms. The summed E-state index contributed by atoms with van der Waals surface area (Å²) in [6.07, 6.45) is 0.312. The van der Waals surface area contributed by atoms with Crippen LogP contribution in [0.3, 0.4) is 0 Å². The summed E-state index contributed by atoms with van der Waals surface area (Å²) >= 11 is 1.79. The maximum Gasteiger partial charge on any atom is 0.338 e. The van der Waals surface area contributed by atoms with E-state index in [4.69, 9.17) is 5.11 Å². The van der Waals surface area contributed by atoms with Gasteiger partial charge in [0, 0.05) is 36.2 Å². The van der Waals surface area contributed by atoms with Crippen LogP contribution in [0.2, 0.25) is 0 Å². The lowest BCUT2D eigenvalue weighted by Crippen LogP contribution is -2.39. The Labute approximate surface area is 119 Å². The first-order chi connectivity index (χ1) is 9.56. The van der Waals surface area contributed by atoms with Crippen LogP contribution in [0.1, 0.15) is 16.8 Å². The zero-order valence-electron chi connectivity index (χ0n) is 10.7. The Balaban J connectivity index is 1.96. The predicted molar refractivity (Wildman–Crippen MR) is 75.7 cm³/mol. The molecule has 0 radical (unpaired) electrons. The van der Waals surface area contributed by atoms with Crippen molar-refractivity contribution in [2.75, 3.05) is 23.4 Å². The van der Waals surface area contributed by atoms with Crippen molar-refractivity contribution in [1.29, 1.82) is 0 Å². The van der Waals surface area contributed by atoms with Crippen molar-refractivity contribution in [2.24, 2.45) is 0 Å². The Hall–Kier alpha value is -1.60. The third-order valence-electron chi connectivity index (χ3n) is 2.91. The average Bonchev–Trinajstić information content (AvgIpc) is 2.41. The molecule has 1 saturated heterocycles. The first-order valence-corrected chi connectivity index (χ1v) is 7.35. The van der Waals surface area contributed by atoms with E-state index in [0.29, 0.717) is 6.42 Å². The Bertz CT molecular complexity index is 518. The molecule has 1 aromatic rings. The molecule has 7 heteroatoms. The van der Waals surface area contributed by atoms with Crippen molar-refractivity contribution in [3.8, 4) is 0 Å². The van der Waals surface area contributed by atoms with Gasteiger partial charge in [0.1, 0.15) is 5.82 Å². The number of halogens is 1. The van der Waals surface area contributed by atoms with Crippen LogP contribution >= 0.6 is 11.8 Å². The van der Waals surface area contributed by atoms with Crippen molar-refractivity contribution in [3.63, 3.8) is 0 Å². The summed E-state index contributed by atoms with van der Waals surface area (Å²) in [7, 11) is 0. The molecule has 0 spiro atoms. The van der Waals surface area contributed by atoms with Gasteiger partial charge in [-0.3, -0.25) is 4.79 Å². The molecule has 1 aliphatic heterocycles. The first kappa shape index (κ1) is 14.8. The lowest BCUT2D eigenvalue weighted by atomic mass is 10.1. The van der Waals surface area contributed by atoms with Gasteiger partial charge in [-0.2, -0.15) is 11.8 Å². The van der Waals surface area contributed by atoms with E-state index in [0.717, 1.165) is 30.2 Å². The zero-order valence-corrected chi connectivity index (χ0v) is 11.5. The number of benzene rings is 1. The fourth-order valence-electron chi connectivity index (χ4n) is 1.95. The van der Waals surface area contributed by atoms with Crippen molar-refractivity contribution in [3.05, 3.63) is 29.6 Å².